The van der Waals surface area contributed by atoms with Gasteiger partial charge >= 0.3 is 6.03 Å². The Morgan fingerprint density at radius 1 is 1.25 bits per heavy atom. The van der Waals surface area contributed by atoms with Crippen LogP contribution in [0, 0.1) is 17.2 Å². The third kappa shape index (κ3) is 3.40. The van der Waals surface area contributed by atoms with Gasteiger partial charge in [0, 0.05) is 45.2 Å². The first-order chi connectivity index (χ1) is 13.4. The number of piperidine rings is 1. The van der Waals surface area contributed by atoms with Gasteiger partial charge in [-0.2, -0.15) is 5.26 Å². The monoisotopic (exact) mass is 386 g/mol. The third-order valence-electron chi connectivity index (χ3n) is 5.38. The molecule has 1 spiro atoms. The van der Waals surface area contributed by atoms with E-state index in [0.29, 0.717) is 44.7 Å². The standard InChI is InChI=1S/C19H26N6O3/c1-14(2)13-25-18(28)24(8-3-11-26)17(27)19(25)4-9-23(10-5-19)16-15(12-20)21-6-7-22-16/h6-7,14,26H,3-5,8-11,13H2,1-2H3. The molecule has 9 nitrogen and oxygen atoms in total. The number of hydrogen-bond donors (Lipinski definition) is 1. The van der Waals surface area contributed by atoms with Crippen molar-refractivity contribution in [1.82, 2.24) is 19.8 Å². The lowest BCUT2D eigenvalue weighted by atomic mass is 9.85. The topological polar surface area (TPSA) is 114 Å². The lowest BCUT2D eigenvalue weighted by Gasteiger charge is -2.43. The van der Waals surface area contributed by atoms with Gasteiger partial charge in [-0.05, 0) is 25.2 Å². The van der Waals surface area contributed by atoms with Crippen molar-refractivity contribution in [1.29, 1.82) is 5.26 Å². The molecule has 2 aliphatic heterocycles. The average molecular weight is 386 g/mol. The molecule has 150 valence electrons. The van der Waals surface area contributed by atoms with E-state index in [0.717, 1.165) is 0 Å². The van der Waals surface area contributed by atoms with Crippen molar-refractivity contribution >= 4 is 17.8 Å². The summed E-state index contributed by atoms with van der Waals surface area (Å²) < 4.78 is 0. The molecule has 2 fully saturated rings. The lowest BCUT2D eigenvalue weighted by molar-refractivity contribution is -0.134. The molecular formula is C19H26N6O3. The zero-order valence-corrected chi connectivity index (χ0v) is 16.3. The molecule has 0 aliphatic carbocycles. The van der Waals surface area contributed by atoms with Gasteiger partial charge in [0.1, 0.15) is 11.6 Å². The summed E-state index contributed by atoms with van der Waals surface area (Å²) in [5.74, 6) is 0.574. The number of carbonyl (C=O) groups excluding carboxylic acids is 2. The number of anilines is 1. The van der Waals surface area contributed by atoms with Crippen molar-refractivity contribution in [3.05, 3.63) is 18.1 Å². The van der Waals surface area contributed by atoms with Crippen LogP contribution in [0.1, 0.15) is 38.8 Å². The van der Waals surface area contributed by atoms with Crippen molar-refractivity contribution in [3.63, 3.8) is 0 Å². The van der Waals surface area contributed by atoms with E-state index < -0.39 is 5.54 Å². The maximum absolute atomic E-state index is 13.2. The number of nitrogens with zero attached hydrogens (tertiary/aromatic N) is 6. The van der Waals surface area contributed by atoms with Crippen LogP contribution >= 0.6 is 0 Å². The molecular weight excluding hydrogens is 360 g/mol. The van der Waals surface area contributed by atoms with Gasteiger partial charge in [0.2, 0.25) is 0 Å². The van der Waals surface area contributed by atoms with Crippen LogP contribution in [-0.2, 0) is 4.79 Å². The molecule has 0 unspecified atom stereocenters. The largest absolute Gasteiger partial charge is 0.396 e. The second-order valence-corrected chi connectivity index (χ2v) is 7.68. The molecule has 1 N–H and O–H groups in total. The molecule has 3 amide bonds. The lowest BCUT2D eigenvalue weighted by Crippen LogP contribution is -2.57. The molecule has 0 atom stereocenters. The molecule has 2 saturated heterocycles. The molecule has 1 aromatic heterocycles. The summed E-state index contributed by atoms with van der Waals surface area (Å²) in [5, 5.41) is 18.4. The van der Waals surface area contributed by atoms with E-state index in [-0.39, 0.29) is 36.7 Å². The fraction of sp³-hybridized carbons (Fsp3) is 0.632. The number of aromatic nitrogens is 2. The molecule has 0 aromatic carbocycles. The Labute approximate surface area is 164 Å². The molecule has 3 rings (SSSR count). The van der Waals surface area contributed by atoms with Gasteiger partial charge in [0.25, 0.3) is 5.91 Å². The number of aliphatic hydroxyl groups is 1. The number of amides is 3. The van der Waals surface area contributed by atoms with Crippen molar-refractivity contribution in [3.8, 4) is 6.07 Å². The maximum Gasteiger partial charge on any atom is 0.327 e. The smallest absolute Gasteiger partial charge is 0.327 e. The SMILES string of the molecule is CC(C)CN1C(=O)N(CCCO)C(=O)C12CCN(c1nccnc1C#N)CC2. The summed E-state index contributed by atoms with van der Waals surface area (Å²) in [6.07, 6.45) is 4.35. The minimum atomic E-state index is -0.859. The number of hydrogen-bond acceptors (Lipinski definition) is 7. The van der Waals surface area contributed by atoms with E-state index in [9.17, 15) is 14.9 Å². The van der Waals surface area contributed by atoms with Gasteiger partial charge in [-0.3, -0.25) is 9.69 Å². The number of carbonyl (C=O) groups is 2. The highest BCUT2D eigenvalue weighted by atomic mass is 16.3. The fourth-order valence-electron chi connectivity index (χ4n) is 4.04. The molecule has 28 heavy (non-hydrogen) atoms. The number of rotatable bonds is 6. The first-order valence-electron chi connectivity index (χ1n) is 9.65. The van der Waals surface area contributed by atoms with Crippen molar-refractivity contribution < 1.29 is 14.7 Å². The number of urea groups is 1. The van der Waals surface area contributed by atoms with Crippen LogP contribution in [0.2, 0.25) is 0 Å². The summed E-state index contributed by atoms with van der Waals surface area (Å²) >= 11 is 0. The van der Waals surface area contributed by atoms with E-state index in [2.05, 4.69) is 16.0 Å². The molecule has 3 heterocycles. The van der Waals surface area contributed by atoms with E-state index >= 15 is 0 Å². The second kappa shape index (κ2) is 8.10. The summed E-state index contributed by atoms with van der Waals surface area (Å²) in [5.41, 5.74) is -0.599. The van der Waals surface area contributed by atoms with Crippen molar-refractivity contribution in [2.75, 3.05) is 37.7 Å². The first kappa shape index (κ1) is 20.0. The number of nitriles is 1. The summed E-state index contributed by atoms with van der Waals surface area (Å²) in [6.45, 7) is 5.74. The van der Waals surface area contributed by atoms with Crippen LogP contribution in [-0.4, -0.2) is 75.1 Å². The Hall–Kier alpha value is -2.73. The minimum absolute atomic E-state index is 0.0639. The zero-order valence-electron chi connectivity index (χ0n) is 16.3. The highest BCUT2D eigenvalue weighted by Crippen LogP contribution is 2.39. The van der Waals surface area contributed by atoms with Crippen LogP contribution in [0.5, 0.6) is 0 Å². The van der Waals surface area contributed by atoms with E-state index in [1.165, 1.54) is 11.1 Å². The van der Waals surface area contributed by atoms with E-state index in [1.807, 2.05) is 18.7 Å². The number of imide groups is 1. The minimum Gasteiger partial charge on any atom is -0.396 e. The Morgan fingerprint density at radius 3 is 2.54 bits per heavy atom. The Kier molecular flexibility index (Phi) is 5.79. The van der Waals surface area contributed by atoms with Gasteiger partial charge in [-0.15, -0.1) is 0 Å². The van der Waals surface area contributed by atoms with Gasteiger partial charge in [-0.1, -0.05) is 13.8 Å². The molecule has 0 radical (unpaired) electrons. The third-order valence-corrected chi connectivity index (χ3v) is 5.38. The van der Waals surface area contributed by atoms with Gasteiger partial charge < -0.3 is 14.9 Å². The van der Waals surface area contributed by atoms with Crippen LogP contribution in [0.15, 0.2) is 12.4 Å². The van der Waals surface area contributed by atoms with E-state index in [1.54, 1.807) is 11.1 Å². The zero-order chi connectivity index (χ0) is 20.3. The molecule has 2 aliphatic rings. The highest BCUT2D eigenvalue weighted by Gasteiger charge is 2.57. The highest BCUT2D eigenvalue weighted by molar-refractivity contribution is 6.07. The molecule has 9 heteroatoms. The second-order valence-electron chi connectivity index (χ2n) is 7.68. The van der Waals surface area contributed by atoms with Crippen LogP contribution < -0.4 is 4.90 Å². The quantitative estimate of drug-likeness (QED) is 0.725. The first-order valence-corrected chi connectivity index (χ1v) is 9.65. The van der Waals surface area contributed by atoms with Crippen LogP contribution in [0.25, 0.3) is 0 Å². The summed E-state index contributed by atoms with van der Waals surface area (Å²) in [7, 11) is 0. The Bertz CT molecular complexity index is 782. The van der Waals surface area contributed by atoms with Crippen LogP contribution in [0.3, 0.4) is 0 Å². The number of aliphatic hydroxyl groups excluding tert-OH is 1. The normalized spacial score (nSPS) is 19.0. The van der Waals surface area contributed by atoms with Crippen molar-refractivity contribution in [2.45, 2.75) is 38.6 Å². The summed E-state index contributed by atoms with van der Waals surface area (Å²) in [4.78, 5) is 39.5. The fourth-order valence-corrected chi connectivity index (χ4v) is 4.04. The Balaban J connectivity index is 1.84. The predicted octanol–water partition coefficient (Wildman–Crippen LogP) is 0.990. The van der Waals surface area contributed by atoms with Crippen molar-refractivity contribution in [2.24, 2.45) is 5.92 Å². The van der Waals surface area contributed by atoms with Gasteiger partial charge in [0.15, 0.2) is 11.5 Å². The summed E-state index contributed by atoms with van der Waals surface area (Å²) in [6, 6.07) is 1.79. The predicted molar refractivity (Wildman–Crippen MR) is 101 cm³/mol. The molecule has 0 saturated carbocycles. The van der Waals surface area contributed by atoms with Gasteiger partial charge in [0.05, 0.1) is 0 Å². The molecule has 1 aromatic rings. The van der Waals surface area contributed by atoms with Crippen LogP contribution in [0.4, 0.5) is 10.6 Å². The molecule has 0 bridgehead atoms. The van der Waals surface area contributed by atoms with Gasteiger partial charge in [-0.25, -0.2) is 14.8 Å². The Morgan fingerprint density at radius 2 is 1.93 bits per heavy atom. The maximum atomic E-state index is 13.2. The van der Waals surface area contributed by atoms with E-state index in [4.69, 9.17) is 5.11 Å². The average Bonchev–Trinajstić information content (AvgIpc) is 2.88.